The molecule has 0 amide bonds. The highest BCUT2D eigenvalue weighted by atomic mass is 32.2. The van der Waals surface area contributed by atoms with Crippen LogP contribution < -0.4 is 0 Å². The molecule has 27 heavy (non-hydrogen) atoms. The minimum atomic E-state index is -6.41. The summed E-state index contributed by atoms with van der Waals surface area (Å²) in [6.07, 6.45) is -0.830. The Balaban J connectivity index is 2.07. The molecule has 0 aromatic heterocycles. The van der Waals surface area contributed by atoms with Crippen LogP contribution in [0, 0.1) is 16.7 Å². The first-order valence-electron chi connectivity index (χ1n) is 8.03. The molecule has 13 heteroatoms. The molecule has 0 radical (unpaired) electrons. The van der Waals surface area contributed by atoms with Crippen LogP contribution in [0.15, 0.2) is 0 Å². The van der Waals surface area contributed by atoms with Crippen molar-refractivity contribution >= 4 is 26.0 Å². The third-order valence-electron chi connectivity index (χ3n) is 5.99. The maximum Gasteiger partial charge on any atom is 0.431 e. The van der Waals surface area contributed by atoms with Gasteiger partial charge in [0.2, 0.25) is 0 Å². The van der Waals surface area contributed by atoms with Crippen LogP contribution in [0.3, 0.4) is 0 Å². The van der Waals surface area contributed by atoms with Gasteiger partial charge in [0.25, 0.3) is 10.1 Å². The van der Waals surface area contributed by atoms with Crippen molar-refractivity contribution in [3.05, 3.63) is 0 Å². The summed E-state index contributed by atoms with van der Waals surface area (Å²) in [7, 11) is -10.9. The van der Waals surface area contributed by atoms with E-state index in [9.17, 15) is 39.2 Å². The minimum absolute atomic E-state index is 0.00186. The van der Waals surface area contributed by atoms with Gasteiger partial charge in [-0.05, 0) is 24.2 Å². The lowest BCUT2D eigenvalue weighted by molar-refractivity contribution is -0.167. The Bertz CT molecular complexity index is 836. The van der Waals surface area contributed by atoms with E-state index in [0.29, 0.717) is 12.8 Å². The van der Waals surface area contributed by atoms with Crippen molar-refractivity contribution in [2.24, 2.45) is 16.7 Å². The molecule has 2 rings (SSSR count). The molecule has 0 saturated heterocycles. The summed E-state index contributed by atoms with van der Waals surface area (Å²) in [5, 5.41) is -5.80. The standard InChI is InChI=1S/C14H20F4O7S2/c1-11(2)9-3-4-12(11,10(19)7-9)8-26(20,21)25-6-5-13(15,16)14(17,18)27(22,23)24/h9H,3-8H2,1-2H3,(H,22,23,24). The summed E-state index contributed by atoms with van der Waals surface area (Å²) < 4.78 is 111. The molecule has 0 spiro atoms. The van der Waals surface area contributed by atoms with Gasteiger partial charge in [-0.2, -0.15) is 34.4 Å². The number of alkyl halides is 4. The van der Waals surface area contributed by atoms with Crippen molar-refractivity contribution in [3.63, 3.8) is 0 Å². The van der Waals surface area contributed by atoms with E-state index in [4.69, 9.17) is 4.55 Å². The third-order valence-corrected chi connectivity index (χ3v) is 8.31. The first-order chi connectivity index (χ1) is 11.9. The molecule has 158 valence electrons. The highest BCUT2D eigenvalue weighted by Gasteiger charge is 2.66. The van der Waals surface area contributed by atoms with Crippen LogP contribution in [0.4, 0.5) is 17.6 Å². The summed E-state index contributed by atoms with van der Waals surface area (Å²) >= 11 is 0. The number of ketones is 1. The highest BCUT2D eigenvalue weighted by Crippen LogP contribution is 2.64. The second-order valence-electron chi connectivity index (χ2n) is 7.64. The Labute approximate surface area is 154 Å². The molecular weight excluding hydrogens is 420 g/mol. The number of rotatable bonds is 8. The van der Waals surface area contributed by atoms with Gasteiger partial charge >= 0.3 is 21.3 Å². The second kappa shape index (κ2) is 6.36. The zero-order valence-corrected chi connectivity index (χ0v) is 16.2. The molecule has 0 aliphatic heterocycles. The topological polar surface area (TPSA) is 115 Å². The fourth-order valence-electron chi connectivity index (χ4n) is 4.08. The Morgan fingerprint density at radius 2 is 1.74 bits per heavy atom. The molecule has 2 atom stereocenters. The molecule has 2 aliphatic rings. The summed E-state index contributed by atoms with van der Waals surface area (Å²) in [6.45, 7) is 2.05. The Kier molecular flexibility index (Phi) is 5.30. The predicted octanol–water partition coefficient (Wildman–Crippen LogP) is 2.23. The van der Waals surface area contributed by atoms with E-state index in [1.165, 1.54) is 0 Å². The zero-order chi connectivity index (χ0) is 21.1. The van der Waals surface area contributed by atoms with Gasteiger partial charge < -0.3 is 0 Å². The SMILES string of the molecule is CC1(C)C2CCC1(CS(=O)(=O)OCCC(F)(F)C(F)(F)S(=O)(=O)O)C(=O)C2. The van der Waals surface area contributed by atoms with E-state index in [1.54, 1.807) is 13.8 Å². The molecule has 2 bridgehead atoms. The van der Waals surface area contributed by atoms with Gasteiger partial charge in [-0.15, -0.1) is 0 Å². The molecule has 2 fully saturated rings. The monoisotopic (exact) mass is 440 g/mol. The van der Waals surface area contributed by atoms with E-state index < -0.39 is 61.0 Å². The fraction of sp³-hybridized carbons (Fsp3) is 0.929. The van der Waals surface area contributed by atoms with Crippen LogP contribution in [0.5, 0.6) is 0 Å². The van der Waals surface area contributed by atoms with E-state index in [2.05, 4.69) is 4.18 Å². The van der Waals surface area contributed by atoms with Crippen molar-refractivity contribution in [2.75, 3.05) is 12.4 Å². The van der Waals surface area contributed by atoms with E-state index in [1.807, 2.05) is 0 Å². The van der Waals surface area contributed by atoms with Crippen molar-refractivity contribution in [1.29, 1.82) is 0 Å². The Morgan fingerprint density at radius 1 is 1.19 bits per heavy atom. The maximum atomic E-state index is 13.4. The Hall–Kier alpha value is -0.790. The van der Waals surface area contributed by atoms with Gasteiger partial charge in [0.1, 0.15) is 5.78 Å². The number of fused-ring (bicyclic) bond motifs is 2. The number of carbonyl (C=O) groups excluding carboxylic acids is 1. The van der Waals surface area contributed by atoms with Gasteiger partial charge in [-0.25, -0.2) is 0 Å². The van der Waals surface area contributed by atoms with Crippen LogP contribution in [-0.4, -0.2) is 50.7 Å². The predicted molar refractivity (Wildman–Crippen MR) is 84.4 cm³/mol. The molecule has 2 unspecified atom stereocenters. The number of hydrogen-bond acceptors (Lipinski definition) is 6. The average molecular weight is 440 g/mol. The van der Waals surface area contributed by atoms with Gasteiger partial charge in [-0.1, -0.05) is 13.8 Å². The van der Waals surface area contributed by atoms with Gasteiger partial charge in [0.15, 0.2) is 0 Å². The fourth-order valence-corrected chi connectivity index (χ4v) is 6.26. The van der Waals surface area contributed by atoms with Crippen LogP contribution in [0.1, 0.15) is 39.5 Å². The minimum Gasteiger partial charge on any atom is -0.299 e. The number of Topliss-reactive ketones (excluding diaryl/α,β-unsaturated/α-hetero) is 1. The average Bonchev–Trinajstić information content (AvgIpc) is 2.78. The van der Waals surface area contributed by atoms with E-state index in [-0.39, 0.29) is 18.1 Å². The molecule has 0 aromatic rings. The normalized spacial score (nSPS) is 28.7. The second-order valence-corrected chi connectivity index (χ2v) is 10.7. The van der Waals surface area contributed by atoms with E-state index >= 15 is 0 Å². The summed E-state index contributed by atoms with van der Waals surface area (Å²) in [6, 6.07) is 0. The molecule has 2 saturated carbocycles. The van der Waals surface area contributed by atoms with Crippen LogP contribution in [-0.2, 0) is 29.2 Å². The highest BCUT2D eigenvalue weighted by molar-refractivity contribution is 7.87. The third kappa shape index (κ3) is 3.51. The molecule has 7 nitrogen and oxygen atoms in total. The van der Waals surface area contributed by atoms with Crippen LogP contribution in [0.2, 0.25) is 0 Å². The zero-order valence-electron chi connectivity index (χ0n) is 14.5. The van der Waals surface area contributed by atoms with Crippen molar-refractivity contribution in [1.82, 2.24) is 0 Å². The summed E-state index contributed by atoms with van der Waals surface area (Å²) in [4.78, 5) is 12.3. The maximum absolute atomic E-state index is 13.4. The lowest BCUT2D eigenvalue weighted by atomic mass is 9.70. The van der Waals surface area contributed by atoms with Crippen molar-refractivity contribution in [3.8, 4) is 0 Å². The number of carbonyl (C=O) groups is 1. The largest absolute Gasteiger partial charge is 0.431 e. The van der Waals surface area contributed by atoms with Gasteiger partial charge in [-0.3, -0.25) is 13.5 Å². The lowest BCUT2D eigenvalue weighted by Crippen LogP contribution is -2.47. The smallest absolute Gasteiger partial charge is 0.299 e. The first-order valence-corrected chi connectivity index (χ1v) is 11.0. The van der Waals surface area contributed by atoms with E-state index in [0.717, 1.165) is 0 Å². The molecule has 0 aromatic carbocycles. The quantitative estimate of drug-likeness (QED) is 0.350. The van der Waals surface area contributed by atoms with Crippen LogP contribution in [0.25, 0.3) is 0 Å². The molecule has 0 heterocycles. The molecule has 2 aliphatic carbocycles. The number of halogens is 4. The summed E-state index contributed by atoms with van der Waals surface area (Å²) in [5.41, 5.74) is -1.86. The molecular formula is C14H20F4O7S2. The van der Waals surface area contributed by atoms with Crippen molar-refractivity contribution < 1.29 is 47.9 Å². The molecule has 1 N–H and O–H groups in total. The lowest BCUT2D eigenvalue weighted by Gasteiger charge is -2.35. The summed E-state index contributed by atoms with van der Waals surface area (Å²) in [5.74, 6) is -6.28. The van der Waals surface area contributed by atoms with Gasteiger partial charge in [0.05, 0.1) is 17.8 Å². The first kappa shape index (κ1) is 22.5. The number of hydrogen-bond donors (Lipinski definition) is 1. The Morgan fingerprint density at radius 3 is 2.15 bits per heavy atom. The van der Waals surface area contributed by atoms with Crippen LogP contribution >= 0.6 is 0 Å². The van der Waals surface area contributed by atoms with Gasteiger partial charge in [0, 0.05) is 12.8 Å². The van der Waals surface area contributed by atoms with Crippen molar-refractivity contribution in [2.45, 2.75) is 50.7 Å².